The van der Waals surface area contributed by atoms with Crippen molar-refractivity contribution < 1.29 is 14.6 Å². The molecule has 1 aliphatic heterocycles. The number of hydrogen-bond donors (Lipinski definition) is 1. The first-order valence-electron chi connectivity index (χ1n) is 8.11. The summed E-state index contributed by atoms with van der Waals surface area (Å²) in [6, 6.07) is 11.1. The van der Waals surface area contributed by atoms with E-state index in [9.17, 15) is 9.90 Å². The van der Waals surface area contributed by atoms with E-state index in [1.807, 2.05) is 35.2 Å². The number of carbonyl (C=O) groups excluding carboxylic acids is 1. The molecule has 0 atom stereocenters. The highest BCUT2D eigenvalue weighted by molar-refractivity contribution is 9.10. The lowest BCUT2D eigenvalue weighted by atomic mass is 10.0. The predicted molar refractivity (Wildman–Crippen MR) is 104 cm³/mol. The third kappa shape index (κ3) is 3.29. The molecule has 0 fully saturated rings. The first kappa shape index (κ1) is 17.5. The minimum atomic E-state index is -0.00570. The van der Waals surface area contributed by atoms with Gasteiger partial charge in [-0.1, -0.05) is 48.0 Å². The van der Waals surface area contributed by atoms with Gasteiger partial charge in [0.2, 0.25) is 0 Å². The average molecular weight is 402 g/mol. The van der Waals surface area contributed by atoms with Crippen molar-refractivity contribution in [3.8, 4) is 11.5 Å². The van der Waals surface area contributed by atoms with Gasteiger partial charge in [-0.2, -0.15) is 0 Å². The van der Waals surface area contributed by atoms with Crippen molar-refractivity contribution in [2.45, 2.75) is 13.8 Å². The summed E-state index contributed by atoms with van der Waals surface area (Å²) in [4.78, 5) is 14.8. The van der Waals surface area contributed by atoms with Gasteiger partial charge < -0.3 is 14.7 Å². The van der Waals surface area contributed by atoms with E-state index >= 15 is 0 Å². The number of anilines is 1. The van der Waals surface area contributed by atoms with Crippen LogP contribution in [0.5, 0.6) is 11.5 Å². The topological polar surface area (TPSA) is 49.8 Å². The Morgan fingerprint density at radius 1 is 1.28 bits per heavy atom. The van der Waals surface area contributed by atoms with Crippen LogP contribution in [0.25, 0.3) is 11.6 Å². The van der Waals surface area contributed by atoms with E-state index in [1.165, 1.54) is 7.11 Å². The second kappa shape index (κ2) is 6.92. The first-order chi connectivity index (χ1) is 11.9. The molecule has 0 radical (unpaired) electrons. The molecule has 0 saturated carbocycles. The van der Waals surface area contributed by atoms with Crippen LogP contribution in [-0.2, 0) is 4.79 Å². The summed E-state index contributed by atoms with van der Waals surface area (Å²) in [7, 11) is 1.50. The van der Waals surface area contributed by atoms with Crippen molar-refractivity contribution >= 4 is 39.2 Å². The molecule has 1 aliphatic rings. The highest BCUT2D eigenvalue weighted by atomic mass is 79.9. The number of aromatic hydroxyl groups is 1. The Bertz CT molecular complexity index is 858. The Morgan fingerprint density at radius 3 is 2.68 bits per heavy atom. The molecule has 1 N–H and O–H groups in total. The highest BCUT2D eigenvalue weighted by Crippen LogP contribution is 2.40. The van der Waals surface area contributed by atoms with Gasteiger partial charge in [0.1, 0.15) is 0 Å². The molecule has 0 saturated heterocycles. The molecule has 1 amide bonds. The van der Waals surface area contributed by atoms with Crippen LogP contribution in [-0.4, -0.2) is 24.7 Å². The summed E-state index contributed by atoms with van der Waals surface area (Å²) in [5.74, 6) is 0.787. The van der Waals surface area contributed by atoms with Crippen LogP contribution in [0.15, 0.2) is 40.9 Å². The number of ether oxygens (including phenoxy) is 1. The molecule has 25 heavy (non-hydrogen) atoms. The standard InChI is InChI=1S/C20H20BrNO3/c1-12(2)11-22-17-7-5-4-6-14(17)15(20(22)24)8-13-9-19(25-3)18(23)10-16(13)21/h4-10,12,23H,11H2,1-3H3/b15-8-. The number of methoxy groups -OCH3 is 1. The van der Waals surface area contributed by atoms with Crippen LogP contribution in [0.2, 0.25) is 0 Å². The summed E-state index contributed by atoms with van der Waals surface area (Å²) in [6.07, 6.45) is 1.84. The molecule has 3 rings (SSSR count). The van der Waals surface area contributed by atoms with Gasteiger partial charge in [0.05, 0.1) is 12.8 Å². The number of benzene rings is 2. The molecule has 5 heteroatoms. The smallest absolute Gasteiger partial charge is 0.259 e. The van der Waals surface area contributed by atoms with Crippen molar-refractivity contribution in [3.05, 3.63) is 52.0 Å². The number of amides is 1. The van der Waals surface area contributed by atoms with Crippen molar-refractivity contribution in [1.82, 2.24) is 0 Å². The minimum absolute atomic E-state index is 0.00570. The van der Waals surface area contributed by atoms with Crippen LogP contribution < -0.4 is 9.64 Å². The molecule has 130 valence electrons. The maximum absolute atomic E-state index is 13.0. The number of carbonyl (C=O) groups is 1. The SMILES string of the molecule is COc1cc(/C=C2\C(=O)N(CC(C)C)c3ccccc32)c(Br)cc1O. The van der Waals surface area contributed by atoms with E-state index in [4.69, 9.17) is 4.74 Å². The quantitative estimate of drug-likeness (QED) is 0.754. The van der Waals surface area contributed by atoms with E-state index in [0.29, 0.717) is 28.3 Å². The van der Waals surface area contributed by atoms with E-state index in [0.717, 1.165) is 16.8 Å². The van der Waals surface area contributed by atoms with Gasteiger partial charge in [-0.15, -0.1) is 0 Å². The van der Waals surface area contributed by atoms with Crippen LogP contribution in [0.4, 0.5) is 5.69 Å². The van der Waals surface area contributed by atoms with Crippen LogP contribution in [0.3, 0.4) is 0 Å². The number of phenols is 1. The number of rotatable bonds is 4. The monoisotopic (exact) mass is 401 g/mol. The Hall–Kier alpha value is -2.27. The summed E-state index contributed by atoms with van der Waals surface area (Å²) in [5, 5.41) is 9.88. The summed E-state index contributed by atoms with van der Waals surface area (Å²) in [6.45, 7) is 4.87. The van der Waals surface area contributed by atoms with Gasteiger partial charge in [0.25, 0.3) is 5.91 Å². The molecular weight excluding hydrogens is 382 g/mol. The van der Waals surface area contributed by atoms with Gasteiger partial charge in [-0.25, -0.2) is 0 Å². The van der Waals surface area contributed by atoms with Gasteiger partial charge in [0, 0.05) is 22.2 Å². The third-order valence-electron chi connectivity index (χ3n) is 4.11. The van der Waals surface area contributed by atoms with Crippen LogP contribution >= 0.6 is 15.9 Å². The van der Waals surface area contributed by atoms with Crippen LogP contribution in [0.1, 0.15) is 25.0 Å². The van der Waals surface area contributed by atoms with E-state index in [1.54, 1.807) is 12.1 Å². The highest BCUT2D eigenvalue weighted by Gasteiger charge is 2.32. The van der Waals surface area contributed by atoms with Crippen LogP contribution in [0, 0.1) is 5.92 Å². The molecule has 0 aromatic heterocycles. The lowest BCUT2D eigenvalue weighted by Gasteiger charge is -2.19. The number of phenolic OH excluding ortho intramolecular Hbond substituents is 1. The fourth-order valence-corrected chi connectivity index (χ4v) is 3.43. The number of para-hydroxylation sites is 1. The zero-order valence-electron chi connectivity index (χ0n) is 14.4. The molecule has 4 nitrogen and oxygen atoms in total. The molecule has 2 aromatic carbocycles. The maximum atomic E-state index is 13.0. The summed E-state index contributed by atoms with van der Waals surface area (Å²) < 4.78 is 5.88. The Kier molecular flexibility index (Phi) is 4.86. The molecule has 2 aromatic rings. The van der Waals surface area contributed by atoms with Crippen molar-refractivity contribution in [3.63, 3.8) is 0 Å². The van der Waals surface area contributed by atoms with Crippen molar-refractivity contribution in [2.24, 2.45) is 5.92 Å². The Balaban J connectivity index is 2.11. The Labute approximate surface area is 155 Å². The predicted octanol–water partition coefficient (Wildman–Crippen LogP) is 4.71. The summed E-state index contributed by atoms with van der Waals surface area (Å²) in [5.41, 5.74) is 3.28. The first-order valence-corrected chi connectivity index (χ1v) is 8.91. The van der Waals surface area contributed by atoms with Gasteiger partial charge >= 0.3 is 0 Å². The van der Waals surface area contributed by atoms with Gasteiger partial charge in [0.15, 0.2) is 11.5 Å². The van der Waals surface area contributed by atoms with Gasteiger partial charge in [-0.05, 0) is 35.8 Å². The minimum Gasteiger partial charge on any atom is -0.504 e. The lowest BCUT2D eigenvalue weighted by Crippen LogP contribution is -2.30. The van der Waals surface area contributed by atoms with E-state index < -0.39 is 0 Å². The van der Waals surface area contributed by atoms with Crippen molar-refractivity contribution in [1.29, 1.82) is 0 Å². The second-order valence-electron chi connectivity index (χ2n) is 6.43. The van der Waals surface area contributed by atoms with E-state index in [2.05, 4.69) is 29.8 Å². The number of nitrogens with zero attached hydrogens (tertiary/aromatic N) is 1. The zero-order chi connectivity index (χ0) is 18.1. The fraction of sp³-hybridized carbons (Fsp3) is 0.250. The third-order valence-corrected chi connectivity index (χ3v) is 4.79. The molecule has 1 heterocycles. The molecule has 0 spiro atoms. The zero-order valence-corrected chi connectivity index (χ0v) is 16.0. The molecule has 0 bridgehead atoms. The fourth-order valence-electron chi connectivity index (χ4n) is 2.98. The number of halogens is 1. The number of hydrogen-bond acceptors (Lipinski definition) is 3. The lowest BCUT2D eigenvalue weighted by molar-refractivity contribution is -0.113. The van der Waals surface area contributed by atoms with E-state index in [-0.39, 0.29) is 11.7 Å². The molecule has 0 aliphatic carbocycles. The largest absolute Gasteiger partial charge is 0.504 e. The normalized spacial score (nSPS) is 15.2. The number of fused-ring (bicyclic) bond motifs is 1. The molecule has 0 unspecified atom stereocenters. The van der Waals surface area contributed by atoms with Crippen molar-refractivity contribution in [2.75, 3.05) is 18.6 Å². The second-order valence-corrected chi connectivity index (χ2v) is 7.28. The molecular formula is C20H20BrNO3. The average Bonchev–Trinajstić information content (AvgIpc) is 2.82. The maximum Gasteiger partial charge on any atom is 0.259 e. The Morgan fingerprint density at radius 2 is 2.00 bits per heavy atom. The summed E-state index contributed by atoms with van der Waals surface area (Å²) >= 11 is 3.45. The van der Waals surface area contributed by atoms with Gasteiger partial charge in [-0.3, -0.25) is 4.79 Å².